The topological polar surface area (TPSA) is 45.8 Å². The van der Waals surface area contributed by atoms with Gasteiger partial charge in [0, 0.05) is 6.07 Å². The van der Waals surface area contributed by atoms with Crippen molar-refractivity contribution in [3.05, 3.63) is 27.7 Å². The van der Waals surface area contributed by atoms with Gasteiger partial charge in [0.05, 0.1) is 5.69 Å². The Morgan fingerprint density at radius 2 is 2.50 bits per heavy atom. The van der Waals surface area contributed by atoms with Crippen molar-refractivity contribution in [3.8, 4) is 0 Å². The van der Waals surface area contributed by atoms with Crippen molar-refractivity contribution >= 4 is 0 Å². The molecule has 64 valence electrons. The molecule has 0 saturated carbocycles. The minimum absolute atomic E-state index is 0.0807. The highest BCUT2D eigenvalue weighted by molar-refractivity contribution is 5.20. The Hall–Kier alpha value is -1.12. The van der Waals surface area contributed by atoms with Crippen molar-refractivity contribution in [2.45, 2.75) is 26.2 Å². The molecule has 0 fully saturated rings. The van der Waals surface area contributed by atoms with E-state index in [9.17, 15) is 4.79 Å². The molecule has 3 nitrogen and oxygen atoms in total. The monoisotopic (exact) mass is 164 g/mol. The van der Waals surface area contributed by atoms with E-state index in [-0.39, 0.29) is 5.56 Å². The predicted molar refractivity (Wildman–Crippen MR) is 46.0 cm³/mol. The first kappa shape index (κ1) is 7.53. The highest BCUT2D eigenvalue weighted by Crippen LogP contribution is 2.21. The molecule has 1 heterocycles. The first-order valence-electron chi connectivity index (χ1n) is 4.33. The Labute approximate surface area is 70.8 Å². The van der Waals surface area contributed by atoms with Crippen LogP contribution in [0.25, 0.3) is 0 Å². The molecule has 0 radical (unpaired) electrons. The van der Waals surface area contributed by atoms with Gasteiger partial charge in [-0.05, 0) is 30.7 Å². The Morgan fingerprint density at radius 3 is 3.33 bits per heavy atom. The van der Waals surface area contributed by atoms with E-state index in [1.165, 1.54) is 6.42 Å². The molecule has 1 aromatic heterocycles. The zero-order chi connectivity index (χ0) is 8.55. The van der Waals surface area contributed by atoms with Gasteiger partial charge in [0.25, 0.3) is 5.56 Å². The third kappa shape index (κ3) is 1.26. The fourth-order valence-electron chi connectivity index (χ4n) is 1.72. The third-order valence-corrected chi connectivity index (χ3v) is 2.42. The van der Waals surface area contributed by atoms with Crippen molar-refractivity contribution in [2.24, 2.45) is 5.92 Å². The average molecular weight is 164 g/mol. The van der Waals surface area contributed by atoms with Gasteiger partial charge < -0.3 is 0 Å². The maximum absolute atomic E-state index is 10.9. The van der Waals surface area contributed by atoms with Gasteiger partial charge in [-0.3, -0.25) is 4.79 Å². The largest absolute Gasteiger partial charge is 0.268 e. The molecule has 2 rings (SSSR count). The molecule has 1 atom stereocenters. The van der Waals surface area contributed by atoms with Crippen molar-refractivity contribution in [2.75, 3.05) is 0 Å². The standard InChI is InChI=1S/C9H12N2O/c1-6-2-3-8-7(4-6)5-9(12)11-10-8/h5-6H,2-4H2,1H3,(H,11,12)/t6-/m0/s1. The molecule has 0 saturated heterocycles. The number of aromatic amines is 1. The molecule has 12 heavy (non-hydrogen) atoms. The maximum atomic E-state index is 10.9. The van der Waals surface area contributed by atoms with Gasteiger partial charge in [-0.15, -0.1) is 0 Å². The number of hydrogen-bond donors (Lipinski definition) is 1. The lowest BCUT2D eigenvalue weighted by Gasteiger charge is -2.18. The van der Waals surface area contributed by atoms with Crippen molar-refractivity contribution in [1.29, 1.82) is 0 Å². The van der Waals surface area contributed by atoms with Crippen LogP contribution in [0.3, 0.4) is 0 Å². The fraction of sp³-hybridized carbons (Fsp3) is 0.556. The number of H-pyrrole nitrogens is 1. The minimum Gasteiger partial charge on any atom is -0.268 e. The highest BCUT2D eigenvalue weighted by Gasteiger charge is 2.16. The number of rotatable bonds is 0. The highest BCUT2D eigenvalue weighted by atomic mass is 16.1. The summed E-state index contributed by atoms with van der Waals surface area (Å²) in [5.41, 5.74) is 2.13. The van der Waals surface area contributed by atoms with Crippen LogP contribution in [0.4, 0.5) is 0 Å². The fourth-order valence-corrected chi connectivity index (χ4v) is 1.72. The molecular formula is C9H12N2O. The second-order valence-electron chi connectivity index (χ2n) is 3.55. The van der Waals surface area contributed by atoms with Gasteiger partial charge >= 0.3 is 0 Å². The Bertz CT molecular complexity index is 343. The zero-order valence-corrected chi connectivity index (χ0v) is 7.13. The van der Waals surface area contributed by atoms with E-state index < -0.39 is 0 Å². The van der Waals surface area contributed by atoms with E-state index in [0.29, 0.717) is 5.92 Å². The van der Waals surface area contributed by atoms with Crippen molar-refractivity contribution in [1.82, 2.24) is 10.2 Å². The molecule has 0 aliphatic heterocycles. The van der Waals surface area contributed by atoms with Crippen LogP contribution in [-0.2, 0) is 12.8 Å². The van der Waals surface area contributed by atoms with Crippen LogP contribution in [0.15, 0.2) is 10.9 Å². The SMILES string of the molecule is C[C@H]1CCc2n[nH]c(=O)cc2C1. The van der Waals surface area contributed by atoms with Crippen LogP contribution in [0, 0.1) is 5.92 Å². The Kier molecular flexibility index (Phi) is 1.71. The maximum Gasteiger partial charge on any atom is 0.264 e. The molecular weight excluding hydrogens is 152 g/mol. The lowest BCUT2D eigenvalue weighted by Crippen LogP contribution is -2.18. The molecule has 3 heteroatoms. The molecule has 1 aliphatic rings. The number of nitrogens with one attached hydrogen (secondary N) is 1. The van der Waals surface area contributed by atoms with E-state index in [4.69, 9.17) is 0 Å². The van der Waals surface area contributed by atoms with Gasteiger partial charge in [-0.25, -0.2) is 5.10 Å². The van der Waals surface area contributed by atoms with E-state index in [0.717, 1.165) is 24.1 Å². The van der Waals surface area contributed by atoms with E-state index in [1.807, 2.05) is 0 Å². The second-order valence-corrected chi connectivity index (χ2v) is 3.55. The van der Waals surface area contributed by atoms with Crippen molar-refractivity contribution in [3.63, 3.8) is 0 Å². The Morgan fingerprint density at radius 1 is 1.67 bits per heavy atom. The van der Waals surface area contributed by atoms with Crippen LogP contribution in [-0.4, -0.2) is 10.2 Å². The summed E-state index contributed by atoms with van der Waals surface area (Å²) in [6.45, 7) is 2.21. The zero-order valence-electron chi connectivity index (χ0n) is 7.13. The van der Waals surface area contributed by atoms with Crippen LogP contribution < -0.4 is 5.56 Å². The predicted octanol–water partition coefficient (Wildman–Crippen LogP) is 0.895. The number of aromatic nitrogens is 2. The molecule has 0 bridgehead atoms. The molecule has 0 amide bonds. The summed E-state index contributed by atoms with van der Waals surface area (Å²) in [4.78, 5) is 10.9. The van der Waals surface area contributed by atoms with Crippen molar-refractivity contribution < 1.29 is 0 Å². The number of hydrogen-bond acceptors (Lipinski definition) is 2. The van der Waals surface area contributed by atoms with E-state index >= 15 is 0 Å². The van der Waals surface area contributed by atoms with Crippen LogP contribution in [0.5, 0.6) is 0 Å². The summed E-state index contributed by atoms with van der Waals surface area (Å²) in [7, 11) is 0. The second kappa shape index (κ2) is 2.73. The third-order valence-electron chi connectivity index (χ3n) is 2.42. The summed E-state index contributed by atoms with van der Waals surface area (Å²) in [6.07, 6.45) is 3.20. The van der Waals surface area contributed by atoms with Gasteiger partial charge in [-0.2, -0.15) is 5.10 Å². The lowest BCUT2D eigenvalue weighted by molar-refractivity contribution is 0.489. The first-order chi connectivity index (χ1) is 5.75. The summed E-state index contributed by atoms with van der Waals surface area (Å²) in [5, 5.41) is 6.48. The van der Waals surface area contributed by atoms with Gasteiger partial charge in [0.1, 0.15) is 0 Å². The van der Waals surface area contributed by atoms with E-state index in [1.54, 1.807) is 6.07 Å². The van der Waals surface area contributed by atoms with Gasteiger partial charge in [0.15, 0.2) is 0 Å². The number of nitrogens with zero attached hydrogens (tertiary/aromatic N) is 1. The normalized spacial score (nSPS) is 21.9. The molecule has 1 N–H and O–H groups in total. The molecule has 0 aromatic carbocycles. The van der Waals surface area contributed by atoms with Gasteiger partial charge in [-0.1, -0.05) is 6.92 Å². The lowest BCUT2D eigenvalue weighted by atomic mass is 9.88. The summed E-state index contributed by atoms with van der Waals surface area (Å²) >= 11 is 0. The minimum atomic E-state index is -0.0807. The summed E-state index contributed by atoms with van der Waals surface area (Å²) in [6, 6.07) is 1.68. The summed E-state index contributed by atoms with van der Waals surface area (Å²) < 4.78 is 0. The molecule has 0 unspecified atom stereocenters. The molecule has 1 aliphatic carbocycles. The number of fused-ring (bicyclic) bond motifs is 1. The van der Waals surface area contributed by atoms with Crippen LogP contribution >= 0.6 is 0 Å². The van der Waals surface area contributed by atoms with Gasteiger partial charge in [0.2, 0.25) is 0 Å². The smallest absolute Gasteiger partial charge is 0.264 e. The Balaban J connectivity index is 2.44. The molecule has 0 spiro atoms. The van der Waals surface area contributed by atoms with Crippen LogP contribution in [0.1, 0.15) is 24.6 Å². The average Bonchev–Trinajstić information content (AvgIpc) is 2.03. The van der Waals surface area contributed by atoms with E-state index in [2.05, 4.69) is 17.1 Å². The quantitative estimate of drug-likeness (QED) is 0.619. The first-order valence-corrected chi connectivity index (χ1v) is 4.33. The summed E-state index contributed by atoms with van der Waals surface area (Å²) in [5.74, 6) is 0.695. The van der Waals surface area contributed by atoms with Crippen LogP contribution in [0.2, 0.25) is 0 Å². The molecule has 1 aromatic rings. The number of aryl methyl sites for hydroxylation is 1.